The largest absolute Gasteiger partial charge is 0.455 e. The van der Waals surface area contributed by atoms with E-state index in [0.717, 1.165) is 30.9 Å². The fraction of sp³-hybridized carbons (Fsp3) is 0.179. The normalized spacial score (nSPS) is 15.9. The van der Waals surface area contributed by atoms with E-state index in [-0.39, 0.29) is 11.9 Å². The van der Waals surface area contributed by atoms with E-state index in [9.17, 15) is 4.79 Å². The van der Waals surface area contributed by atoms with Crippen LogP contribution in [0, 0.1) is 0 Å². The molecule has 0 bridgehead atoms. The Balaban J connectivity index is 1.43. The summed E-state index contributed by atoms with van der Waals surface area (Å²) in [6.07, 6.45) is 2.75. The van der Waals surface area contributed by atoms with Gasteiger partial charge in [0.15, 0.2) is 5.75 Å². The van der Waals surface area contributed by atoms with E-state index in [1.165, 1.54) is 5.56 Å². The van der Waals surface area contributed by atoms with Crippen LogP contribution in [0.2, 0.25) is 0 Å². The van der Waals surface area contributed by atoms with E-state index in [2.05, 4.69) is 17.4 Å². The number of para-hydroxylation sites is 3. The van der Waals surface area contributed by atoms with E-state index in [1.54, 1.807) is 0 Å². The Morgan fingerprint density at radius 2 is 1.61 bits per heavy atom. The first-order chi connectivity index (χ1) is 16.3. The van der Waals surface area contributed by atoms with Crippen LogP contribution in [0.5, 0.6) is 11.5 Å². The highest BCUT2D eigenvalue weighted by Gasteiger charge is 2.29. The number of hydrogen-bond acceptors (Lipinski definition) is 3. The summed E-state index contributed by atoms with van der Waals surface area (Å²) in [5, 5.41) is 3.45. The maximum absolute atomic E-state index is 13.8. The summed E-state index contributed by atoms with van der Waals surface area (Å²) in [5.74, 6) is 1.50. The molecule has 5 nitrogen and oxygen atoms in total. The van der Waals surface area contributed by atoms with Gasteiger partial charge in [-0.2, -0.15) is 0 Å². The van der Waals surface area contributed by atoms with Crippen LogP contribution < -0.4 is 10.1 Å². The lowest BCUT2D eigenvalue weighted by atomic mass is 10.0. The predicted molar refractivity (Wildman–Crippen MR) is 130 cm³/mol. The molecule has 5 rings (SSSR count). The summed E-state index contributed by atoms with van der Waals surface area (Å²) in [5.41, 5.74) is 2.71. The van der Waals surface area contributed by atoms with E-state index < -0.39 is 0 Å². The number of benzene rings is 3. The van der Waals surface area contributed by atoms with E-state index in [0.29, 0.717) is 18.0 Å². The number of amides is 1. The highest BCUT2D eigenvalue weighted by atomic mass is 16.5. The molecule has 1 fully saturated rings. The van der Waals surface area contributed by atoms with Gasteiger partial charge in [-0.25, -0.2) is 0 Å². The third-order valence-corrected chi connectivity index (χ3v) is 5.99. The summed E-state index contributed by atoms with van der Waals surface area (Å²) in [6.45, 7) is 2.27. The molecule has 0 radical (unpaired) electrons. The number of nitrogens with one attached hydrogen (secondary N) is 1. The maximum atomic E-state index is 13.8. The van der Waals surface area contributed by atoms with Gasteiger partial charge in [0.1, 0.15) is 11.4 Å². The maximum Gasteiger partial charge on any atom is 0.271 e. The van der Waals surface area contributed by atoms with Gasteiger partial charge in [0.25, 0.3) is 5.91 Å². The van der Waals surface area contributed by atoms with Gasteiger partial charge in [0, 0.05) is 31.9 Å². The Hall–Kier alpha value is -3.83. The third-order valence-electron chi connectivity index (χ3n) is 5.99. The Morgan fingerprint density at radius 3 is 2.42 bits per heavy atom. The van der Waals surface area contributed by atoms with E-state index in [1.807, 2.05) is 101 Å². The second-order valence-corrected chi connectivity index (χ2v) is 8.19. The first-order valence-corrected chi connectivity index (χ1v) is 11.3. The summed E-state index contributed by atoms with van der Waals surface area (Å²) in [4.78, 5) is 15.8. The van der Waals surface area contributed by atoms with Gasteiger partial charge < -0.3 is 19.5 Å². The number of carbonyl (C=O) groups is 1. The van der Waals surface area contributed by atoms with Crippen molar-refractivity contribution in [1.82, 2.24) is 14.8 Å². The van der Waals surface area contributed by atoms with Gasteiger partial charge in [-0.1, -0.05) is 60.7 Å². The zero-order chi connectivity index (χ0) is 22.5. The zero-order valence-corrected chi connectivity index (χ0v) is 18.4. The fourth-order valence-corrected chi connectivity index (χ4v) is 4.37. The lowest BCUT2D eigenvalue weighted by Crippen LogP contribution is -2.54. The molecule has 2 heterocycles. The van der Waals surface area contributed by atoms with Crippen LogP contribution in [0.3, 0.4) is 0 Å². The number of carbonyl (C=O) groups excluding carboxylic acids is 1. The molecule has 33 heavy (non-hydrogen) atoms. The quantitative estimate of drug-likeness (QED) is 0.465. The molecule has 1 atom stereocenters. The van der Waals surface area contributed by atoms with Gasteiger partial charge in [-0.15, -0.1) is 0 Å². The zero-order valence-electron chi connectivity index (χ0n) is 18.4. The highest BCUT2D eigenvalue weighted by Crippen LogP contribution is 2.29. The average Bonchev–Trinajstić information content (AvgIpc) is 3.35. The average molecular weight is 438 g/mol. The van der Waals surface area contributed by atoms with Crippen molar-refractivity contribution in [2.45, 2.75) is 12.5 Å². The molecule has 0 spiro atoms. The predicted octanol–water partition coefficient (Wildman–Crippen LogP) is 4.93. The van der Waals surface area contributed by atoms with Crippen molar-refractivity contribution >= 4 is 5.91 Å². The topological polar surface area (TPSA) is 46.5 Å². The van der Waals surface area contributed by atoms with E-state index >= 15 is 0 Å². The van der Waals surface area contributed by atoms with Crippen LogP contribution in [0.25, 0.3) is 5.69 Å². The molecule has 1 aromatic heterocycles. The molecule has 0 saturated carbocycles. The highest BCUT2D eigenvalue weighted by molar-refractivity contribution is 5.94. The minimum Gasteiger partial charge on any atom is -0.455 e. The van der Waals surface area contributed by atoms with Crippen molar-refractivity contribution in [3.05, 3.63) is 115 Å². The van der Waals surface area contributed by atoms with Crippen LogP contribution in [-0.2, 0) is 6.42 Å². The number of hydrogen-bond donors (Lipinski definition) is 1. The molecule has 1 amide bonds. The lowest BCUT2D eigenvalue weighted by Gasteiger charge is -2.36. The Morgan fingerprint density at radius 1 is 0.879 bits per heavy atom. The van der Waals surface area contributed by atoms with Crippen LogP contribution in [-0.4, -0.2) is 41.1 Å². The Labute approximate surface area is 194 Å². The minimum atomic E-state index is 0.0388. The van der Waals surface area contributed by atoms with Crippen molar-refractivity contribution in [3.8, 4) is 17.2 Å². The first kappa shape index (κ1) is 21.0. The lowest BCUT2D eigenvalue weighted by molar-refractivity contribution is 0.0628. The van der Waals surface area contributed by atoms with Gasteiger partial charge in [0.05, 0.1) is 5.69 Å². The molecule has 1 N–H and O–H groups in total. The van der Waals surface area contributed by atoms with E-state index in [4.69, 9.17) is 4.74 Å². The second-order valence-electron chi connectivity index (χ2n) is 8.19. The molecule has 1 unspecified atom stereocenters. The molecule has 5 heteroatoms. The van der Waals surface area contributed by atoms with Crippen molar-refractivity contribution < 1.29 is 9.53 Å². The third kappa shape index (κ3) is 4.69. The smallest absolute Gasteiger partial charge is 0.271 e. The fourth-order valence-electron chi connectivity index (χ4n) is 4.37. The van der Waals surface area contributed by atoms with Crippen molar-refractivity contribution in [2.75, 3.05) is 19.6 Å². The second kappa shape index (κ2) is 9.76. The summed E-state index contributed by atoms with van der Waals surface area (Å²) < 4.78 is 8.09. The molecular formula is C28H27N3O2. The minimum absolute atomic E-state index is 0.0388. The monoisotopic (exact) mass is 437 g/mol. The SMILES string of the molecule is O=C(c1cccn1-c1ccccc1Oc1ccccc1)N1CCNCC1Cc1ccccc1. The van der Waals surface area contributed by atoms with Crippen molar-refractivity contribution in [2.24, 2.45) is 0 Å². The van der Waals surface area contributed by atoms with Crippen LogP contribution >= 0.6 is 0 Å². The van der Waals surface area contributed by atoms with Crippen LogP contribution in [0.15, 0.2) is 103 Å². The molecule has 1 aliphatic rings. The Bertz CT molecular complexity index is 1200. The molecule has 1 saturated heterocycles. The van der Waals surface area contributed by atoms with Gasteiger partial charge in [0.2, 0.25) is 0 Å². The number of ether oxygens (including phenoxy) is 1. The number of rotatable bonds is 6. The molecule has 3 aromatic carbocycles. The molecule has 4 aromatic rings. The van der Waals surface area contributed by atoms with Crippen molar-refractivity contribution in [3.63, 3.8) is 0 Å². The number of piperazine rings is 1. The van der Waals surface area contributed by atoms with Gasteiger partial charge >= 0.3 is 0 Å². The molecule has 166 valence electrons. The molecule has 0 aliphatic carbocycles. The standard InChI is InChI=1S/C28H27N3O2/c32-28(30-19-17-29-21-23(30)20-22-10-3-1-4-11-22)26-15-9-18-31(26)25-14-7-8-16-27(25)33-24-12-5-2-6-13-24/h1-16,18,23,29H,17,19-21H2. The summed E-state index contributed by atoms with van der Waals surface area (Å²) in [6, 6.07) is 31.8. The van der Waals surface area contributed by atoms with Crippen LogP contribution in [0.1, 0.15) is 16.1 Å². The van der Waals surface area contributed by atoms with Crippen LogP contribution in [0.4, 0.5) is 0 Å². The summed E-state index contributed by atoms with van der Waals surface area (Å²) in [7, 11) is 0. The molecule has 1 aliphatic heterocycles. The van der Waals surface area contributed by atoms with Gasteiger partial charge in [-0.05, 0) is 48.4 Å². The molecular weight excluding hydrogens is 410 g/mol. The summed E-state index contributed by atoms with van der Waals surface area (Å²) >= 11 is 0. The first-order valence-electron chi connectivity index (χ1n) is 11.3. The Kier molecular flexibility index (Phi) is 6.22. The number of nitrogens with zero attached hydrogens (tertiary/aromatic N) is 2. The number of aromatic nitrogens is 1. The van der Waals surface area contributed by atoms with Crippen molar-refractivity contribution in [1.29, 1.82) is 0 Å². The van der Waals surface area contributed by atoms with Gasteiger partial charge in [-0.3, -0.25) is 4.79 Å².